The van der Waals surface area contributed by atoms with Gasteiger partial charge in [-0.3, -0.25) is 14.7 Å². The van der Waals surface area contributed by atoms with E-state index in [-0.39, 0.29) is 5.91 Å². The Morgan fingerprint density at radius 1 is 1.36 bits per heavy atom. The molecule has 0 unspecified atom stereocenters. The highest BCUT2D eigenvalue weighted by Gasteiger charge is 2.26. The third kappa shape index (κ3) is 3.48. The fourth-order valence-corrected chi connectivity index (χ4v) is 3.33. The molecule has 2 aromatic heterocycles. The highest BCUT2D eigenvalue weighted by atomic mass is 32.1. The van der Waals surface area contributed by atoms with E-state index >= 15 is 0 Å². The zero-order chi connectivity index (χ0) is 15.4. The van der Waals surface area contributed by atoms with E-state index in [9.17, 15) is 4.79 Å². The molecule has 1 amide bonds. The molecule has 0 saturated carbocycles. The van der Waals surface area contributed by atoms with Crippen LogP contribution in [0.3, 0.4) is 0 Å². The van der Waals surface area contributed by atoms with Gasteiger partial charge in [-0.1, -0.05) is 0 Å². The molecular formula is C15H19N5OS. The van der Waals surface area contributed by atoms with E-state index in [0.717, 1.165) is 38.2 Å². The number of thiazole rings is 1. The molecule has 0 aromatic carbocycles. The predicted octanol–water partition coefficient (Wildman–Crippen LogP) is 1.67. The molecule has 0 atom stereocenters. The van der Waals surface area contributed by atoms with Gasteiger partial charge in [0.15, 0.2) is 0 Å². The highest BCUT2D eigenvalue weighted by Crippen LogP contribution is 2.18. The second kappa shape index (κ2) is 6.93. The van der Waals surface area contributed by atoms with Gasteiger partial charge in [-0.15, -0.1) is 11.3 Å². The summed E-state index contributed by atoms with van der Waals surface area (Å²) >= 11 is 1.63. The van der Waals surface area contributed by atoms with Crippen LogP contribution in [0.15, 0.2) is 29.5 Å². The molecule has 6 nitrogen and oxygen atoms in total. The summed E-state index contributed by atoms with van der Waals surface area (Å²) in [4.78, 5) is 28.9. The summed E-state index contributed by atoms with van der Waals surface area (Å²) < 4.78 is 0. The van der Waals surface area contributed by atoms with Crippen molar-refractivity contribution >= 4 is 17.2 Å². The van der Waals surface area contributed by atoms with Gasteiger partial charge in [-0.25, -0.2) is 9.97 Å². The van der Waals surface area contributed by atoms with Gasteiger partial charge in [0.25, 0.3) is 5.91 Å². The minimum absolute atomic E-state index is 0.0197. The van der Waals surface area contributed by atoms with Gasteiger partial charge in [0, 0.05) is 43.4 Å². The second-order valence-corrected chi connectivity index (χ2v) is 6.23. The maximum atomic E-state index is 12.3. The van der Waals surface area contributed by atoms with Crippen molar-refractivity contribution < 1.29 is 4.79 Å². The van der Waals surface area contributed by atoms with E-state index in [1.807, 2.05) is 10.4 Å². The largest absolute Gasteiger partial charge is 0.337 e. The predicted molar refractivity (Wildman–Crippen MR) is 84.5 cm³/mol. The lowest BCUT2D eigenvalue weighted by Gasteiger charge is -2.36. The number of hydrogen-bond donors (Lipinski definition) is 0. The average molecular weight is 317 g/mol. The number of rotatable bonds is 4. The molecule has 1 fully saturated rings. The number of amides is 1. The van der Waals surface area contributed by atoms with E-state index in [4.69, 9.17) is 0 Å². The Morgan fingerprint density at radius 3 is 2.82 bits per heavy atom. The summed E-state index contributed by atoms with van der Waals surface area (Å²) in [6, 6.07) is 0.493. The minimum atomic E-state index is -0.0197. The van der Waals surface area contributed by atoms with Crippen LogP contribution in [0, 0.1) is 0 Å². The maximum Gasteiger partial charge on any atom is 0.274 e. The summed E-state index contributed by atoms with van der Waals surface area (Å²) in [6.45, 7) is 2.40. The lowest BCUT2D eigenvalue weighted by Crippen LogP contribution is -2.45. The fraction of sp³-hybridized carbons (Fsp3) is 0.467. The van der Waals surface area contributed by atoms with E-state index in [1.54, 1.807) is 23.7 Å². The Morgan fingerprint density at radius 2 is 2.18 bits per heavy atom. The highest BCUT2D eigenvalue weighted by molar-refractivity contribution is 7.07. The Bertz CT molecular complexity index is 596. The molecule has 3 rings (SSSR count). The second-order valence-electron chi connectivity index (χ2n) is 5.51. The number of aromatic nitrogens is 3. The SMILES string of the molecule is CN(Cc1cscn1)C1CCN(C(=O)c2cnccn2)CC1. The molecule has 22 heavy (non-hydrogen) atoms. The maximum absolute atomic E-state index is 12.3. The third-order valence-electron chi connectivity index (χ3n) is 4.05. The molecule has 0 N–H and O–H groups in total. The van der Waals surface area contributed by atoms with Gasteiger partial charge in [-0.05, 0) is 19.9 Å². The van der Waals surface area contributed by atoms with Crippen molar-refractivity contribution in [3.8, 4) is 0 Å². The van der Waals surface area contributed by atoms with E-state index < -0.39 is 0 Å². The van der Waals surface area contributed by atoms with Gasteiger partial charge < -0.3 is 4.90 Å². The molecule has 1 saturated heterocycles. The van der Waals surface area contributed by atoms with Gasteiger partial charge in [0.1, 0.15) is 5.69 Å². The van der Waals surface area contributed by atoms with Crippen molar-refractivity contribution in [3.63, 3.8) is 0 Å². The Kier molecular flexibility index (Phi) is 4.74. The molecule has 7 heteroatoms. The van der Waals surface area contributed by atoms with Crippen LogP contribution in [-0.2, 0) is 6.54 Å². The van der Waals surface area contributed by atoms with Crippen LogP contribution in [0.5, 0.6) is 0 Å². The monoisotopic (exact) mass is 317 g/mol. The van der Waals surface area contributed by atoms with Gasteiger partial charge in [-0.2, -0.15) is 0 Å². The van der Waals surface area contributed by atoms with E-state index in [2.05, 4.69) is 32.3 Å². The summed E-state index contributed by atoms with van der Waals surface area (Å²) in [5.41, 5.74) is 3.41. The normalized spacial score (nSPS) is 16.2. The van der Waals surface area contributed by atoms with Crippen LogP contribution >= 0.6 is 11.3 Å². The zero-order valence-electron chi connectivity index (χ0n) is 12.6. The number of likely N-dealkylation sites (tertiary alicyclic amines) is 1. The number of nitrogens with zero attached hydrogens (tertiary/aromatic N) is 5. The van der Waals surface area contributed by atoms with Gasteiger partial charge in [0.05, 0.1) is 17.4 Å². The molecule has 1 aliphatic rings. The third-order valence-corrected chi connectivity index (χ3v) is 4.69. The molecule has 2 aromatic rings. The lowest BCUT2D eigenvalue weighted by molar-refractivity contribution is 0.0632. The molecule has 0 radical (unpaired) electrons. The first-order chi connectivity index (χ1) is 10.7. The first-order valence-corrected chi connectivity index (χ1v) is 8.31. The summed E-state index contributed by atoms with van der Waals surface area (Å²) in [5, 5.41) is 2.09. The molecule has 0 aliphatic carbocycles. The summed E-state index contributed by atoms with van der Waals surface area (Å²) in [6.07, 6.45) is 6.63. The molecule has 0 bridgehead atoms. The fourth-order valence-electron chi connectivity index (χ4n) is 2.78. The van der Waals surface area contributed by atoms with E-state index in [1.165, 1.54) is 6.20 Å². The molecule has 116 valence electrons. The smallest absolute Gasteiger partial charge is 0.274 e. The first-order valence-electron chi connectivity index (χ1n) is 7.36. The molecule has 1 aliphatic heterocycles. The number of piperidine rings is 1. The van der Waals surface area contributed by atoms with Crippen molar-refractivity contribution in [2.45, 2.75) is 25.4 Å². The molecule has 0 spiro atoms. The van der Waals surface area contributed by atoms with Crippen molar-refractivity contribution in [2.75, 3.05) is 20.1 Å². The lowest BCUT2D eigenvalue weighted by atomic mass is 10.0. The zero-order valence-corrected chi connectivity index (χ0v) is 13.4. The topological polar surface area (TPSA) is 62.2 Å². The Hall–Kier alpha value is -1.86. The van der Waals surface area contributed by atoms with Gasteiger partial charge >= 0.3 is 0 Å². The van der Waals surface area contributed by atoms with Crippen LogP contribution in [-0.4, -0.2) is 56.8 Å². The van der Waals surface area contributed by atoms with Crippen LogP contribution in [0.2, 0.25) is 0 Å². The summed E-state index contributed by atoms with van der Waals surface area (Å²) in [7, 11) is 2.13. The minimum Gasteiger partial charge on any atom is -0.337 e. The number of hydrogen-bond acceptors (Lipinski definition) is 6. The average Bonchev–Trinajstić information content (AvgIpc) is 3.08. The van der Waals surface area contributed by atoms with Crippen LogP contribution in [0.1, 0.15) is 29.0 Å². The molecule has 3 heterocycles. The summed E-state index contributed by atoms with van der Waals surface area (Å²) in [5.74, 6) is -0.0197. The van der Waals surface area contributed by atoms with Crippen LogP contribution < -0.4 is 0 Å². The van der Waals surface area contributed by atoms with Crippen molar-refractivity contribution in [3.05, 3.63) is 40.9 Å². The van der Waals surface area contributed by atoms with Crippen molar-refractivity contribution in [1.82, 2.24) is 24.8 Å². The Labute approximate surface area is 133 Å². The van der Waals surface area contributed by atoms with Gasteiger partial charge in [0.2, 0.25) is 0 Å². The van der Waals surface area contributed by atoms with Crippen LogP contribution in [0.25, 0.3) is 0 Å². The van der Waals surface area contributed by atoms with Crippen molar-refractivity contribution in [2.24, 2.45) is 0 Å². The quantitative estimate of drug-likeness (QED) is 0.858. The number of carbonyl (C=O) groups excluding carboxylic acids is 1. The standard InChI is InChI=1S/C15H19N5OS/c1-19(9-12-10-22-11-18-12)13-2-6-20(7-3-13)15(21)14-8-16-4-5-17-14/h4-5,8,10-11,13H,2-3,6-7,9H2,1H3. The first kappa shape index (κ1) is 15.1. The van der Waals surface area contributed by atoms with Crippen molar-refractivity contribution in [1.29, 1.82) is 0 Å². The number of carbonyl (C=O) groups is 1. The van der Waals surface area contributed by atoms with Crippen LogP contribution in [0.4, 0.5) is 0 Å². The Balaban J connectivity index is 1.53. The molecular weight excluding hydrogens is 298 g/mol. The van der Waals surface area contributed by atoms with E-state index in [0.29, 0.717) is 11.7 Å².